The minimum Gasteiger partial charge on any atom is -0.333 e. The second kappa shape index (κ2) is 14.2. The third-order valence-electron chi connectivity index (χ3n) is 13.6. The summed E-state index contributed by atoms with van der Waals surface area (Å²) in [7, 11) is 0. The largest absolute Gasteiger partial charge is 0.333 e. The highest BCUT2D eigenvalue weighted by Crippen LogP contribution is 2.49. The summed E-state index contributed by atoms with van der Waals surface area (Å²) in [5.41, 5.74) is 19.3. The Labute approximate surface area is 372 Å². The van der Waals surface area contributed by atoms with Crippen molar-refractivity contribution < 1.29 is 0 Å². The molecule has 64 heavy (non-hydrogen) atoms. The van der Waals surface area contributed by atoms with Crippen LogP contribution in [0.3, 0.4) is 0 Å². The van der Waals surface area contributed by atoms with Gasteiger partial charge >= 0.3 is 0 Å². The quantitative estimate of drug-likeness (QED) is 0.163. The molecule has 0 bridgehead atoms. The lowest BCUT2D eigenvalue weighted by Gasteiger charge is -2.28. The van der Waals surface area contributed by atoms with Crippen molar-refractivity contribution in [2.75, 3.05) is 4.90 Å². The molecule has 3 aromatic heterocycles. The summed E-state index contributed by atoms with van der Waals surface area (Å²) >= 11 is 0. The van der Waals surface area contributed by atoms with Crippen LogP contribution in [-0.4, -0.2) is 19.7 Å². The second-order valence-corrected chi connectivity index (χ2v) is 17.6. The normalized spacial score (nSPS) is 15.5. The van der Waals surface area contributed by atoms with Gasteiger partial charge in [-0.15, -0.1) is 0 Å². The van der Waals surface area contributed by atoms with E-state index in [1.165, 1.54) is 99.9 Å². The highest BCUT2D eigenvalue weighted by molar-refractivity contribution is 6.10. The molecule has 13 rings (SSSR count). The molecule has 0 N–H and O–H groups in total. The molecule has 0 radical (unpaired) electrons. The molecular formula is C60H44N4. The third-order valence-corrected chi connectivity index (χ3v) is 13.6. The van der Waals surface area contributed by atoms with E-state index < -0.39 is 0 Å². The first-order valence-corrected chi connectivity index (χ1v) is 22.3. The molecular weight excluding hydrogens is 777 g/mol. The van der Waals surface area contributed by atoms with Crippen LogP contribution in [0.15, 0.2) is 218 Å². The number of benzene rings is 8. The average Bonchev–Trinajstić information content (AvgIpc) is 4.08. The standard InChI is InChI=1S/C60H44N4/c1-39-15-13-17-41(31-39)57-33-43-35-60-44(36-59(43)63(57)47-27-29-55-51(37-47)49-23-9-11-25-53(49)61(55)45-19-5-3-6-20-45)34-58(42-18-14-16-40(2)32-42)64(60)48-28-30-56-52(38-48)50-24-10-12-26-54(50)62(56)46-21-7-4-8-22-46/h3-38,49,53H,1-2H3. The van der Waals surface area contributed by atoms with Gasteiger partial charge < -0.3 is 18.6 Å². The van der Waals surface area contributed by atoms with Crippen LogP contribution in [0.5, 0.6) is 0 Å². The van der Waals surface area contributed by atoms with Crippen LogP contribution in [0.25, 0.3) is 83.2 Å². The van der Waals surface area contributed by atoms with Crippen molar-refractivity contribution >= 4 is 55.0 Å². The Morgan fingerprint density at radius 1 is 0.375 bits per heavy atom. The summed E-state index contributed by atoms with van der Waals surface area (Å²) in [6.07, 6.45) is 9.14. The minimum atomic E-state index is 0.226. The SMILES string of the molecule is Cc1cccc(-c2cc3cc4c(cc(-c5cccc(C)c5)n4-c4ccc5c(c4)c4ccccc4n5-c4ccccc4)cc3n2-c2ccc3c(c2)C2C=CC=CC2N3c2ccccc2)c1. The van der Waals surface area contributed by atoms with Gasteiger partial charge in [0.2, 0.25) is 0 Å². The smallest absolute Gasteiger partial charge is 0.0629 e. The Bertz CT molecular complexity index is 3710. The van der Waals surface area contributed by atoms with Crippen molar-refractivity contribution in [2.24, 2.45) is 0 Å². The van der Waals surface area contributed by atoms with E-state index in [0.29, 0.717) is 0 Å². The molecule has 2 atom stereocenters. The average molecular weight is 821 g/mol. The molecule has 0 spiro atoms. The Morgan fingerprint density at radius 2 is 0.953 bits per heavy atom. The van der Waals surface area contributed by atoms with Gasteiger partial charge in [-0.2, -0.15) is 0 Å². The topological polar surface area (TPSA) is 18.0 Å². The van der Waals surface area contributed by atoms with Gasteiger partial charge in [-0.1, -0.05) is 126 Å². The number of hydrogen-bond donors (Lipinski definition) is 0. The van der Waals surface area contributed by atoms with Crippen molar-refractivity contribution in [3.63, 3.8) is 0 Å². The van der Waals surface area contributed by atoms with Crippen molar-refractivity contribution in [3.05, 3.63) is 235 Å². The van der Waals surface area contributed by atoms with Gasteiger partial charge in [-0.3, -0.25) is 0 Å². The van der Waals surface area contributed by atoms with E-state index in [0.717, 1.165) is 11.4 Å². The number of aromatic nitrogens is 3. The predicted octanol–water partition coefficient (Wildman–Crippen LogP) is 15.4. The van der Waals surface area contributed by atoms with E-state index in [1.54, 1.807) is 0 Å². The predicted molar refractivity (Wildman–Crippen MR) is 268 cm³/mol. The Balaban J connectivity index is 1.05. The molecule has 4 nitrogen and oxygen atoms in total. The van der Waals surface area contributed by atoms with Gasteiger partial charge in [-0.25, -0.2) is 0 Å². The van der Waals surface area contributed by atoms with Gasteiger partial charge in [0, 0.05) is 55.9 Å². The van der Waals surface area contributed by atoms with Crippen LogP contribution in [-0.2, 0) is 0 Å². The van der Waals surface area contributed by atoms with Gasteiger partial charge in [0.15, 0.2) is 0 Å². The van der Waals surface area contributed by atoms with Crippen LogP contribution in [0.1, 0.15) is 22.6 Å². The summed E-state index contributed by atoms with van der Waals surface area (Å²) in [5, 5.41) is 4.87. The summed E-state index contributed by atoms with van der Waals surface area (Å²) in [6.45, 7) is 4.37. The molecule has 0 saturated carbocycles. The molecule has 4 heterocycles. The Kier molecular flexibility index (Phi) is 8.13. The lowest BCUT2D eigenvalue weighted by molar-refractivity contribution is 0.744. The molecule has 2 aliphatic rings. The Hall–Kier alpha value is -8.08. The van der Waals surface area contributed by atoms with E-state index >= 15 is 0 Å². The maximum atomic E-state index is 2.51. The summed E-state index contributed by atoms with van der Waals surface area (Å²) < 4.78 is 7.38. The number of rotatable bonds is 6. The highest BCUT2D eigenvalue weighted by Gasteiger charge is 2.37. The van der Waals surface area contributed by atoms with E-state index in [-0.39, 0.29) is 12.0 Å². The fourth-order valence-corrected chi connectivity index (χ4v) is 10.8. The molecule has 1 aliphatic heterocycles. The molecule has 0 amide bonds. The molecule has 0 fully saturated rings. The first-order valence-electron chi connectivity index (χ1n) is 22.3. The van der Waals surface area contributed by atoms with Crippen LogP contribution < -0.4 is 4.90 Å². The fourth-order valence-electron chi connectivity index (χ4n) is 10.8. The van der Waals surface area contributed by atoms with Crippen LogP contribution in [0.2, 0.25) is 0 Å². The molecule has 1 aliphatic carbocycles. The lowest BCUT2D eigenvalue weighted by Crippen LogP contribution is -2.28. The molecule has 2 unspecified atom stereocenters. The summed E-state index contributed by atoms with van der Waals surface area (Å²) in [5.74, 6) is 0.251. The van der Waals surface area contributed by atoms with Gasteiger partial charge in [-0.05, 0) is 134 Å². The van der Waals surface area contributed by atoms with Gasteiger partial charge in [0.1, 0.15) is 0 Å². The van der Waals surface area contributed by atoms with Crippen LogP contribution >= 0.6 is 0 Å². The first kappa shape index (κ1) is 36.6. The van der Waals surface area contributed by atoms with E-state index in [4.69, 9.17) is 0 Å². The maximum Gasteiger partial charge on any atom is 0.0629 e. The number of nitrogens with zero attached hydrogens (tertiary/aromatic N) is 4. The summed E-state index contributed by atoms with van der Waals surface area (Å²) in [6, 6.07) is 72.2. The van der Waals surface area contributed by atoms with Crippen molar-refractivity contribution in [1.82, 2.24) is 13.7 Å². The zero-order valence-electron chi connectivity index (χ0n) is 35.7. The van der Waals surface area contributed by atoms with Crippen molar-refractivity contribution in [1.29, 1.82) is 0 Å². The van der Waals surface area contributed by atoms with E-state index in [1.807, 2.05) is 0 Å². The highest BCUT2D eigenvalue weighted by atomic mass is 15.2. The number of aryl methyl sites for hydroxylation is 2. The maximum absolute atomic E-state index is 2.51. The Morgan fingerprint density at radius 3 is 1.62 bits per heavy atom. The van der Waals surface area contributed by atoms with Crippen LogP contribution in [0, 0.1) is 13.8 Å². The number of anilines is 2. The lowest BCUT2D eigenvalue weighted by atomic mass is 9.91. The van der Waals surface area contributed by atoms with E-state index in [2.05, 4.69) is 251 Å². The number of hydrogen-bond acceptors (Lipinski definition) is 1. The molecule has 4 heteroatoms. The molecule has 0 saturated heterocycles. The van der Waals surface area contributed by atoms with Crippen molar-refractivity contribution in [2.45, 2.75) is 25.8 Å². The monoisotopic (exact) mass is 820 g/mol. The summed E-state index contributed by atoms with van der Waals surface area (Å²) in [4.78, 5) is 2.51. The van der Waals surface area contributed by atoms with Crippen molar-refractivity contribution in [3.8, 4) is 39.6 Å². The minimum absolute atomic E-state index is 0.226. The molecule has 304 valence electrons. The van der Waals surface area contributed by atoms with Gasteiger partial charge in [0.25, 0.3) is 0 Å². The second-order valence-electron chi connectivity index (χ2n) is 17.6. The van der Waals surface area contributed by atoms with Gasteiger partial charge in [0.05, 0.1) is 39.5 Å². The third kappa shape index (κ3) is 5.62. The van der Waals surface area contributed by atoms with E-state index in [9.17, 15) is 0 Å². The molecule has 8 aromatic carbocycles. The fraction of sp³-hybridized carbons (Fsp3) is 0.0667. The first-order chi connectivity index (χ1) is 31.6. The zero-order chi connectivity index (χ0) is 42.5. The zero-order valence-corrected chi connectivity index (χ0v) is 35.7. The molecule has 11 aromatic rings. The van der Waals surface area contributed by atoms with Crippen LogP contribution in [0.4, 0.5) is 11.4 Å². The number of allylic oxidation sites excluding steroid dienone is 2. The number of fused-ring (bicyclic) bond motifs is 8. The number of para-hydroxylation sites is 3.